The first-order valence-corrected chi connectivity index (χ1v) is 5.11. The van der Waals surface area contributed by atoms with E-state index in [0.717, 1.165) is 31.6 Å². The van der Waals surface area contributed by atoms with E-state index in [1.807, 2.05) is 18.2 Å². The zero-order valence-corrected chi connectivity index (χ0v) is 9.39. The van der Waals surface area contributed by atoms with Gasteiger partial charge < -0.3 is 15.7 Å². The second-order valence-electron chi connectivity index (χ2n) is 3.69. The van der Waals surface area contributed by atoms with Crippen molar-refractivity contribution in [2.24, 2.45) is 0 Å². The maximum atomic E-state index is 9.56. The number of piperidine rings is 1. The third-order valence-electron chi connectivity index (χ3n) is 2.60. The van der Waals surface area contributed by atoms with Gasteiger partial charge >= 0.3 is 0 Å². The largest absolute Gasteiger partial charge is 0.506 e. The first kappa shape index (κ1) is 12.1. The monoisotopic (exact) mass is 228 g/mol. The first-order chi connectivity index (χ1) is 6.86. The van der Waals surface area contributed by atoms with Crippen molar-refractivity contribution in [3.05, 3.63) is 24.3 Å². The van der Waals surface area contributed by atoms with Crippen LogP contribution in [-0.2, 0) is 0 Å². The van der Waals surface area contributed by atoms with Crippen molar-refractivity contribution in [3.63, 3.8) is 0 Å². The van der Waals surface area contributed by atoms with Gasteiger partial charge in [0.25, 0.3) is 0 Å². The van der Waals surface area contributed by atoms with Crippen LogP contribution in [0.15, 0.2) is 24.3 Å². The van der Waals surface area contributed by atoms with Crippen molar-refractivity contribution in [3.8, 4) is 5.75 Å². The molecule has 1 saturated heterocycles. The van der Waals surface area contributed by atoms with Crippen LogP contribution in [0.4, 0.5) is 5.69 Å². The number of phenols is 1. The van der Waals surface area contributed by atoms with Gasteiger partial charge in [-0.1, -0.05) is 12.1 Å². The number of nitrogens with one attached hydrogen (secondary N) is 2. The summed E-state index contributed by atoms with van der Waals surface area (Å²) in [5, 5.41) is 16.2. The summed E-state index contributed by atoms with van der Waals surface area (Å²) in [5.41, 5.74) is 0.847. The number of hydrogen-bond donors (Lipinski definition) is 3. The molecule has 3 nitrogen and oxygen atoms in total. The van der Waals surface area contributed by atoms with E-state index in [1.54, 1.807) is 6.07 Å². The molecule has 1 aromatic carbocycles. The van der Waals surface area contributed by atoms with Crippen molar-refractivity contribution in [1.29, 1.82) is 0 Å². The Hall–Kier alpha value is -0.930. The molecule has 15 heavy (non-hydrogen) atoms. The van der Waals surface area contributed by atoms with Gasteiger partial charge in [-0.3, -0.25) is 0 Å². The zero-order chi connectivity index (χ0) is 9.80. The third-order valence-corrected chi connectivity index (χ3v) is 2.60. The number of benzene rings is 1. The van der Waals surface area contributed by atoms with E-state index in [2.05, 4.69) is 10.6 Å². The fourth-order valence-electron chi connectivity index (χ4n) is 1.78. The molecule has 0 atom stereocenters. The van der Waals surface area contributed by atoms with E-state index in [4.69, 9.17) is 0 Å². The molecule has 4 heteroatoms. The van der Waals surface area contributed by atoms with E-state index in [9.17, 15) is 5.11 Å². The molecule has 1 heterocycles. The van der Waals surface area contributed by atoms with Crippen LogP contribution in [0.1, 0.15) is 12.8 Å². The van der Waals surface area contributed by atoms with Gasteiger partial charge in [-0.05, 0) is 38.1 Å². The highest BCUT2D eigenvalue weighted by Gasteiger charge is 2.13. The maximum absolute atomic E-state index is 9.56. The molecule has 0 aliphatic carbocycles. The Morgan fingerprint density at radius 2 is 1.87 bits per heavy atom. The zero-order valence-electron chi connectivity index (χ0n) is 8.57. The molecule has 0 radical (unpaired) electrons. The van der Waals surface area contributed by atoms with Gasteiger partial charge in [0.2, 0.25) is 0 Å². The lowest BCUT2D eigenvalue weighted by Crippen LogP contribution is -2.35. The molecule has 0 amide bonds. The van der Waals surface area contributed by atoms with Crippen LogP contribution >= 0.6 is 12.4 Å². The molecule has 1 aliphatic heterocycles. The first-order valence-electron chi connectivity index (χ1n) is 5.11. The average Bonchev–Trinajstić information content (AvgIpc) is 2.23. The molecule has 1 fully saturated rings. The molecule has 2 rings (SSSR count). The molecule has 3 N–H and O–H groups in total. The van der Waals surface area contributed by atoms with E-state index in [1.165, 1.54) is 0 Å². The van der Waals surface area contributed by atoms with Crippen LogP contribution in [0.5, 0.6) is 5.75 Å². The predicted octanol–water partition coefficient (Wildman–Crippen LogP) is 1.98. The van der Waals surface area contributed by atoms with Crippen molar-refractivity contribution >= 4 is 18.1 Å². The Kier molecular flexibility index (Phi) is 4.72. The lowest BCUT2D eigenvalue weighted by Gasteiger charge is -2.24. The Bertz CT molecular complexity index is 300. The number of halogens is 1. The van der Waals surface area contributed by atoms with Crippen LogP contribution in [0.3, 0.4) is 0 Å². The molecule has 0 spiro atoms. The SMILES string of the molecule is Cl.Oc1ccccc1NC1CCNCC1. The highest BCUT2D eigenvalue weighted by molar-refractivity contribution is 5.85. The van der Waals surface area contributed by atoms with E-state index >= 15 is 0 Å². The molecule has 0 unspecified atom stereocenters. The number of aromatic hydroxyl groups is 1. The van der Waals surface area contributed by atoms with Gasteiger partial charge in [0.05, 0.1) is 5.69 Å². The van der Waals surface area contributed by atoms with Gasteiger partial charge in [-0.25, -0.2) is 0 Å². The Morgan fingerprint density at radius 1 is 1.20 bits per heavy atom. The van der Waals surface area contributed by atoms with Gasteiger partial charge in [0.1, 0.15) is 5.75 Å². The van der Waals surface area contributed by atoms with E-state index < -0.39 is 0 Å². The number of hydrogen-bond acceptors (Lipinski definition) is 3. The molecule has 1 aliphatic rings. The highest BCUT2D eigenvalue weighted by Crippen LogP contribution is 2.23. The number of anilines is 1. The summed E-state index contributed by atoms with van der Waals surface area (Å²) in [7, 11) is 0. The number of rotatable bonds is 2. The molecule has 0 aromatic heterocycles. The van der Waals surface area contributed by atoms with Crippen LogP contribution < -0.4 is 10.6 Å². The van der Waals surface area contributed by atoms with Crippen LogP contribution in [0.2, 0.25) is 0 Å². The van der Waals surface area contributed by atoms with Gasteiger partial charge in [0, 0.05) is 6.04 Å². The topological polar surface area (TPSA) is 44.3 Å². The highest BCUT2D eigenvalue weighted by atomic mass is 35.5. The van der Waals surface area contributed by atoms with Gasteiger partial charge in [-0.15, -0.1) is 12.4 Å². The summed E-state index contributed by atoms with van der Waals surface area (Å²) >= 11 is 0. The molecule has 1 aromatic rings. The van der Waals surface area contributed by atoms with Gasteiger partial charge in [-0.2, -0.15) is 0 Å². The molecular weight excluding hydrogens is 212 g/mol. The van der Waals surface area contributed by atoms with Crippen molar-refractivity contribution < 1.29 is 5.11 Å². The lowest BCUT2D eigenvalue weighted by molar-refractivity contribution is 0.463. The van der Waals surface area contributed by atoms with E-state index in [-0.39, 0.29) is 12.4 Å². The summed E-state index contributed by atoms with van der Waals surface area (Å²) in [4.78, 5) is 0. The predicted molar refractivity (Wildman–Crippen MR) is 64.9 cm³/mol. The molecule has 0 saturated carbocycles. The summed E-state index contributed by atoms with van der Waals surface area (Å²) < 4.78 is 0. The minimum Gasteiger partial charge on any atom is -0.506 e. The van der Waals surface area contributed by atoms with Crippen LogP contribution in [-0.4, -0.2) is 24.2 Å². The van der Waals surface area contributed by atoms with Crippen molar-refractivity contribution in [2.75, 3.05) is 18.4 Å². The smallest absolute Gasteiger partial charge is 0.138 e. The summed E-state index contributed by atoms with van der Waals surface area (Å²) in [6, 6.07) is 7.89. The normalized spacial score (nSPS) is 16.8. The van der Waals surface area contributed by atoms with Crippen LogP contribution in [0, 0.1) is 0 Å². The Morgan fingerprint density at radius 3 is 2.53 bits per heavy atom. The summed E-state index contributed by atoms with van der Waals surface area (Å²) in [5.74, 6) is 0.339. The number of phenolic OH excluding ortho intramolecular Hbond substituents is 1. The summed E-state index contributed by atoms with van der Waals surface area (Å²) in [6.45, 7) is 2.12. The Labute approximate surface area is 96.3 Å². The second-order valence-corrected chi connectivity index (χ2v) is 3.69. The fraction of sp³-hybridized carbons (Fsp3) is 0.455. The molecule has 0 bridgehead atoms. The standard InChI is InChI=1S/C11H16N2O.ClH/c14-11-4-2-1-3-10(11)13-9-5-7-12-8-6-9;/h1-4,9,12-14H,5-8H2;1H. The minimum atomic E-state index is 0. The van der Waals surface area contributed by atoms with Gasteiger partial charge in [0.15, 0.2) is 0 Å². The second kappa shape index (κ2) is 5.83. The quantitative estimate of drug-likeness (QED) is 0.679. The minimum absolute atomic E-state index is 0. The molecule has 84 valence electrons. The third kappa shape index (κ3) is 3.29. The van der Waals surface area contributed by atoms with Crippen LogP contribution in [0.25, 0.3) is 0 Å². The Balaban J connectivity index is 0.00000112. The van der Waals surface area contributed by atoms with E-state index in [0.29, 0.717) is 11.8 Å². The summed E-state index contributed by atoms with van der Waals surface area (Å²) in [6.07, 6.45) is 2.24. The van der Waals surface area contributed by atoms with Crippen molar-refractivity contribution in [1.82, 2.24) is 5.32 Å². The average molecular weight is 229 g/mol. The maximum Gasteiger partial charge on any atom is 0.138 e. The lowest BCUT2D eigenvalue weighted by atomic mass is 10.1. The molecular formula is C11H17ClN2O. The fourth-order valence-corrected chi connectivity index (χ4v) is 1.78. The number of para-hydroxylation sites is 2. The van der Waals surface area contributed by atoms with Crippen molar-refractivity contribution in [2.45, 2.75) is 18.9 Å².